The van der Waals surface area contributed by atoms with Crippen molar-refractivity contribution in [2.24, 2.45) is 23.7 Å². The van der Waals surface area contributed by atoms with Crippen LogP contribution in [0.25, 0.3) is 0 Å². The van der Waals surface area contributed by atoms with Crippen molar-refractivity contribution in [2.45, 2.75) is 6.42 Å². The van der Waals surface area contributed by atoms with Gasteiger partial charge in [-0.15, -0.1) is 0 Å². The van der Waals surface area contributed by atoms with E-state index in [2.05, 4.69) is 26.2 Å². The Morgan fingerprint density at radius 2 is 2.00 bits per heavy atom. The van der Waals surface area contributed by atoms with Gasteiger partial charge in [0.25, 0.3) is 0 Å². The third-order valence-corrected chi connectivity index (χ3v) is 5.24. The number of carbonyl (C=O) groups is 2. The summed E-state index contributed by atoms with van der Waals surface area (Å²) in [6.45, 7) is 0. The van der Waals surface area contributed by atoms with E-state index in [1.54, 1.807) is 6.07 Å². The average molecular weight is 372 g/mol. The molecule has 0 saturated heterocycles. The molecule has 110 valence electrons. The summed E-state index contributed by atoms with van der Waals surface area (Å²) >= 11 is 9.04. The minimum atomic E-state index is -0.914. The molecule has 21 heavy (non-hydrogen) atoms. The van der Waals surface area contributed by atoms with Crippen LogP contribution in [0.1, 0.15) is 6.42 Å². The van der Waals surface area contributed by atoms with Gasteiger partial charge < -0.3 is 10.4 Å². The summed E-state index contributed by atoms with van der Waals surface area (Å²) in [5.74, 6) is -2.42. The number of carboxylic acid groups (broad SMARTS) is 1. The Bertz CT molecular complexity index is 649. The monoisotopic (exact) mass is 370 g/mol. The molecular weight excluding hydrogens is 360 g/mol. The summed E-state index contributed by atoms with van der Waals surface area (Å²) in [5.41, 5.74) is 0.493. The van der Waals surface area contributed by atoms with Crippen LogP contribution in [0.4, 0.5) is 5.69 Å². The van der Waals surface area contributed by atoms with Gasteiger partial charge in [-0.05, 0) is 40.3 Å². The van der Waals surface area contributed by atoms with Crippen LogP contribution < -0.4 is 5.32 Å². The van der Waals surface area contributed by atoms with Gasteiger partial charge in [0.15, 0.2) is 0 Å². The molecule has 2 bridgehead atoms. The Kier molecular flexibility index (Phi) is 3.75. The predicted octanol–water partition coefficient (Wildman–Crippen LogP) is 2.96. The highest BCUT2D eigenvalue weighted by atomic mass is 79.9. The summed E-state index contributed by atoms with van der Waals surface area (Å²) < 4.78 is 0.574. The number of fused-ring (bicyclic) bond motifs is 2. The first-order valence-corrected chi connectivity index (χ1v) is 7.67. The summed E-state index contributed by atoms with van der Waals surface area (Å²) in [5, 5.41) is 12.4. The molecule has 4 atom stereocenters. The first-order chi connectivity index (χ1) is 9.97. The van der Waals surface area contributed by atoms with E-state index in [1.807, 2.05) is 12.2 Å². The molecular formula is C14H12BrClN2O3. The maximum absolute atomic E-state index is 12.4. The number of rotatable bonds is 3. The molecule has 0 aromatic carbocycles. The highest BCUT2D eigenvalue weighted by molar-refractivity contribution is 9.10. The van der Waals surface area contributed by atoms with E-state index < -0.39 is 17.8 Å². The van der Waals surface area contributed by atoms with Crippen LogP contribution in [0.3, 0.4) is 0 Å². The van der Waals surface area contributed by atoms with Crippen molar-refractivity contribution in [2.75, 3.05) is 5.32 Å². The van der Waals surface area contributed by atoms with Crippen LogP contribution in [-0.4, -0.2) is 22.0 Å². The predicted molar refractivity (Wildman–Crippen MR) is 80.9 cm³/mol. The van der Waals surface area contributed by atoms with E-state index in [4.69, 9.17) is 11.6 Å². The van der Waals surface area contributed by atoms with Crippen molar-refractivity contribution in [1.29, 1.82) is 0 Å². The van der Waals surface area contributed by atoms with E-state index >= 15 is 0 Å². The third kappa shape index (κ3) is 2.58. The zero-order chi connectivity index (χ0) is 15.1. The molecule has 1 aromatic heterocycles. The maximum Gasteiger partial charge on any atom is 0.307 e. The molecule has 1 fully saturated rings. The van der Waals surface area contributed by atoms with E-state index in [0.29, 0.717) is 15.3 Å². The average Bonchev–Trinajstić information content (AvgIpc) is 3.03. The minimum Gasteiger partial charge on any atom is -0.481 e. The summed E-state index contributed by atoms with van der Waals surface area (Å²) in [6, 6.07) is 1.64. The number of carboxylic acids is 1. The normalized spacial score (nSPS) is 29.6. The van der Waals surface area contributed by atoms with Crippen LogP contribution in [0.15, 0.2) is 28.9 Å². The lowest BCUT2D eigenvalue weighted by molar-refractivity contribution is -0.146. The fourth-order valence-electron chi connectivity index (χ4n) is 3.23. The van der Waals surface area contributed by atoms with Crippen LogP contribution in [0.5, 0.6) is 0 Å². The number of hydrogen-bond donors (Lipinski definition) is 2. The zero-order valence-electron chi connectivity index (χ0n) is 10.8. The van der Waals surface area contributed by atoms with Gasteiger partial charge in [-0.1, -0.05) is 23.8 Å². The number of allylic oxidation sites excluding steroid dienone is 2. The second-order valence-corrected chi connectivity index (χ2v) is 6.54. The molecule has 2 aliphatic rings. The minimum absolute atomic E-state index is 0.000185. The number of amides is 1. The van der Waals surface area contributed by atoms with Gasteiger partial charge in [0.05, 0.1) is 28.2 Å². The van der Waals surface area contributed by atoms with Gasteiger partial charge in [0, 0.05) is 0 Å². The second-order valence-electron chi connectivity index (χ2n) is 5.32. The fraction of sp³-hybridized carbons (Fsp3) is 0.357. The summed E-state index contributed by atoms with van der Waals surface area (Å²) in [4.78, 5) is 27.8. The lowest BCUT2D eigenvalue weighted by atomic mass is 9.82. The molecule has 1 saturated carbocycles. The van der Waals surface area contributed by atoms with Gasteiger partial charge in [-0.3, -0.25) is 9.59 Å². The summed E-state index contributed by atoms with van der Waals surface area (Å²) in [6.07, 6.45) is 6.04. The van der Waals surface area contributed by atoms with Crippen molar-refractivity contribution in [3.05, 3.63) is 34.0 Å². The Morgan fingerprint density at radius 1 is 1.33 bits per heavy atom. The molecule has 1 amide bonds. The number of aliphatic carboxylic acids is 1. The standard InChI is InChI=1S/C14H12BrClN2O3/c15-9-4-8(5-17-12(9)16)18-13(19)10-6-1-2-7(3-6)11(10)14(20)21/h1-2,4-7,10-11H,3H2,(H,18,19)(H,20,21)/t6?,7?,10-,11+/m0/s1. The Labute approximate surface area is 134 Å². The molecule has 5 nitrogen and oxygen atoms in total. The molecule has 2 aliphatic carbocycles. The molecule has 1 heterocycles. The van der Waals surface area contributed by atoms with Crippen LogP contribution in [0, 0.1) is 23.7 Å². The smallest absolute Gasteiger partial charge is 0.307 e. The van der Waals surface area contributed by atoms with E-state index in [-0.39, 0.29) is 17.7 Å². The van der Waals surface area contributed by atoms with Crippen molar-refractivity contribution in [3.63, 3.8) is 0 Å². The topological polar surface area (TPSA) is 79.3 Å². The number of anilines is 1. The van der Waals surface area contributed by atoms with E-state index in [1.165, 1.54) is 6.20 Å². The first kappa shape index (κ1) is 14.5. The Hall–Kier alpha value is -1.40. The lowest BCUT2D eigenvalue weighted by Gasteiger charge is -2.23. The number of halogens is 2. The van der Waals surface area contributed by atoms with Crippen molar-refractivity contribution in [1.82, 2.24) is 4.98 Å². The SMILES string of the molecule is O=C(O)[C@@H]1C2C=CC(C2)[C@@H]1C(=O)Nc1cnc(Cl)c(Br)c1. The molecule has 0 spiro atoms. The first-order valence-electron chi connectivity index (χ1n) is 6.50. The van der Waals surface area contributed by atoms with Crippen molar-refractivity contribution >= 4 is 45.1 Å². The zero-order valence-corrected chi connectivity index (χ0v) is 13.1. The van der Waals surface area contributed by atoms with Gasteiger partial charge in [-0.25, -0.2) is 4.98 Å². The van der Waals surface area contributed by atoms with Crippen LogP contribution in [0.2, 0.25) is 5.15 Å². The highest BCUT2D eigenvalue weighted by Gasteiger charge is 2.51. The van der Waals surface area contributed by atoms with Gasteiger partial charge >= 0.3 is 5.97 Å². The third-order valence-electron chi connectivity index (χ3n) is 4.11. The van der Waals surface area contributed by atoms with Crippen LogP contribution >= 0.6 is 27.5 Å². The summed E-state index contributed by atoms with van der Waals surface area (Å²) in [7, 11) is 0. The van der Waals surface area contributed by atoms with Crippen LogP contribution in [-0.2, 0) is 9.59 Å². The van der Waals surface area contributed by atoms with E-state index in [9.17, 15) is 14.7 Å². The number of carbonyl (C=O) groups excluding carboxylic acids is 1. The van der Waals surface area contributed by atoms with Gasteiger partial charge in [0.1, 0.15) is 5.15 Å². The fourth-order valence-corrected chi connectivity index (χ4v) is 3.68. The second kappa shape index (κ2) is 5.42. The molecule has 0 aliphatic heterocycles. The quantitative estimate of drug-likeness (QED) is 0.632. The maximum atomic E-state index is 12.4. The molecule has 2 unspecified atom stereocenters. The van der Waals surface area contributed by atoms with Crippen molar-refractivity contribution < 1.29 is 14.7 Å². The molecule has 3 rings (SSSR count). The number of hydrogen-bond acceptors (Lipinski definition) is 3. The number of pyridine rings is 1. The molecule has 0 radical (unpaired) electrons. The van der Waals surface area contributed by atoms with Gasteiger partial charge in [-0.2, -0.15) is 0 Å². The Balaban J connectivity index is 1.80. The highest BCUT2D eigenvalue weighted by Crippen LogP contribution is 2.48. The number of nitrogens with one attached hydrogen (secondary N) is 1. The lowest BCUT2D eigenvalue weighted by Crippen LogP contribution is -2.36. The molecule has 1 aromatic rings. The molecule has 7 heteroatoms. The largest absolute Gasteiger partial charge is 0.481 e. The van der Waals surface area contributed by atoms with Crippen molar-refractivity contribution in [3.8, 4) is 0 Å². The molecule has 2 N–H and O–H groups in total. The van der Waals surface area contributed by atoms with Gasteiger partial charge in [0.2, 0.25) is 5.91 Å². The Morgan fingerprint density at radius 3 is 2.62 bits per heavy atom. The number of nitrogens with zero attached hydrogens (tertiary/aromatic N) is 1. The number of aromatic nitrogens is 1. The van der Waals surface area contributed by atoms with E-state index in [0.717, 1.165) is 6.42 Å².